The highest BCUT2D eigenvalue weighted by atomic mass is 32.2. The summed E-state index contributed by atoms with van der Waals surface area (Å²) in [6, 6.07) is 8.82. The Morgan fingerprint density at radius 3 is 2.27 bits per heavy atom. The molecule has 1 atom stereocenters. The number of anilines is 1. The van der Waals surface area contributed by atoms with Crippen molar-refractivity contribution in [2.24, 2.45) is 5.14 Å². The second-order valence-electron chi connectivity index (χ2n) is 5.59. The smallest absolute Gasteiger partial charge is 0.293 e. The summed E-state index contributed by atoms with van der Waals surface area (Å²) >= 11 is 0. The lowest BCUT2D eigenvalue weighted by Gasteiger charge is -2.27. The second-order valence-corrected chi connectivity index (χ2v) is 7.15. The lowest BCUT2D eigenvalue weighted by Crippen LogP contribution is -2.23. The van der Waals surface area contributed by atoms with Crippen LogP contribution in [0.15, 0.2) is 47.4 Å². The fraction of sp³-hybridized carbons (Fsp3) is 0.200. The fourth-order valence-electron chi connectivity index (χ4n) is 2.46. The van der Waals surface area contributed by atoms with Gasteiger partial charge in [0, 0.05) is 25.2 Å². The number of sulfonamides is 1. The van der Waals surface area contributed by atoms with Crippen molar-refractivity contribution in [2.75, 3.05) is 11.9 Å². The molecule has 2 rings (SSSR count). The van der Waals surface area contributed by atoms with E-state index in [1.807, 2.05) is 0 Å². The van der Waals surface area contributed by atoms with E-state index in [0.29, 0.717) is 5.56 Å². The van der Waals surface area contributed by atoms with Crippen LogP contribution in [-0.2, 0) is 10.0 Å². The fourth-order valence-corrected chi connectivity index (χ4v) is 2.99. The number of non-ortho nitro benzene ring substituents is 1. The van der Waals surface area contributed by atoms with E-state index >= 15 is 0 Å². The van der Waals surface area contributed by atoms with Gasteiger partial charge in [0.1, 0.15) is 5.69 Å². The van der Waals surface area contributed by atoms with Gasteiger partial charge in [0.25, 0.3) is 11.4 Å². The summed E-state index contributed by atoms with van der Waals surface area (Å²) < 4.78 is 22.8. The van der Waals surface area contributed by atoms with E-state index < -0.39 is 31.6 Å². The number of nitrogens with two attached hydrogens (primary N) is 1. The molecule has 0 heterocycles. The molecule has 0 saturated heterocycles. The number of benzene rings is 2. The van der Waals surface area contributed by atoms with E-state index in [2.05, 4.69) is 0 Å². The minimum absolute atomic E-state index is 0.0955. The van der Waals surface area contributed by atoms with Crippen LogP contribution in [-0.4, -0.2) is 25.3 Å². The molecule has 2 N–H and O–H groups in total. The van der Waals surface area contributed by atoms with Gasteiger partial charge in [-0.3, -0.25) is 20.2 Å². The topological polar surface area (TPSA) is 150 Å². The van der Waals surface area contributed by atoms with Crippen LogP contribution in [0.2, 0.25) is 0 Å². The van der Waals surface area contributed by atoms with Crippen molar-refractivity contribution in [1.82, 2.24) is 0 Å². The number of rotatable bonds is 6. The lowest BCUT2D eigenvalue weighted by atomic mass is 10.1. The molecular weight excluding hydrogens is 364 g/mol. The Bertz CT molecular complexity index is 976. The van der Waals surface area contributed by atoms with Crippen LogP contribution in [0, 0.1) is 20.2 Å². The molecule has 0 amide bonds. The molecule has 0 aromatic heterocycles. The van der Waals surface area contributed by atoms with Crippen molar-refractivity contribution >= 4 is 27.1 Å². The Morgan fingerprint density at radius 2 is 1.73 bits per heavy atom. The van der Waals surface area contributed by atoms with Crippen LogP contribution in [0.1, 0.15) is 18.5 Å². The molecule has 11 heteroatoms. The van der Waals surface area contributed by atoms with Gasteiger partial charge in [0.2, 0.25) is 10.0 Å². The third-order valence-corrected chi connectivity index (χ3v) is 4.91. The van der Waals surface area contributed by atoms with Gasteiger partial charge in [-0.2, -0.15) is 0 Å². The first-order valence-electron chi connectivity index (χ1n) is 7.31. The Morgan fingerprint density at radius 1 is 1.08 bits per heavy atom. The zero-order valence-electron chi connectivity index (χ0n) is 13.9. The average molecular weight is 380 g/mol. The molecule has 0 spiro atoms. The zero-order chi connectivity index (χ0) is 19.6. The highest BCUT2D eigenvalue weighted by Crippen LogP contribution is 2.35. The summed E-state index contributed by atoms with van der Waals surface area (Å²) in [5, 5.41) is 27.3. The highest BCUT2D eigenvalue weighted by Gasteiger charge is 2.24. The monoisotopic (exact) mass is 380 g/mol. The maximum absolute atomic E-state index is 11.4. The summed E-state index contributed by atoms with van der Waals surface area (Å²) in [5.74, 6) is 0. The third kappa shape index (κ3) is 3.95. The molecule has 0 radical (unpaired) electrons. The number of hydrogen-bond donors (Lipinski definition) is 1. The predicted molar refractivity (Wildman–Crippen MR) is 94.4 cm³/mol. The quantitative estimate of drug-likeness (QED) is 0.597. The van der Waals surface area contributed by atoms with Gasteiger partial charge in [-0.1, -0.05) is 12.1 Å². The molecule has 138 valence electrons. The van der Waals surface area contributed by atoms with Gasteiger partial charge in [0.15, 0.2) is 0 Å². The number of primary sulfonamides is 1. The largest absolute Gasteiger partial charge is 0.362 e. The molecule has 0 saturated carbocycles. The van der Waals surface area contributed by atoms with Crippen LogP contribution in [0.25, 0.3) is 0 Å². The summed E-state index contributed by atoms with van der Waals surface area (Å²) in [7, 11) is -2.51. The number of nitro benzene ring substituents is 2. The van der Waals surface area contributed by atoms with Crippen molar-refractivity contribution in [2.45, 2.75) is 17.9 Å². The summed E-state index contributed by atoms with van der Waals surface area (Å²) in [4.78, 5) is 22.2. The molecule has 0 fully saturated rings. The van der Waals surface area contributed by atoms with Crippen LogP contribution < -0.4 is 10.0 Å². The first-order chi connectivity index (χ1) is 12.0. The van der Waals surface area contributed by atoms with Crippen molar-refractivity contribution < 1.29 is 18.3 Å². The molecule has 26 heavy (non-hydrogen) atoms. The maximum atomic E-state index is 11.4. The predicted octanol–water partition coefficient (Wildman–Crippen LogP) is 2.35. The van der Waals surface area contributed by atoms with Crippen molar-refractivity contribution in [1.29, 1.82) is 0 Å². The number of nitro groups is 2. The summed E-state index contributed by atoms with van der Waals surface area (Å²) in [6.45, 7) is 1.72. The Labute approximate surface area is 149 Å². The molecule has 0 aliphatic rings. The molecular formula is C15H16N4O6S. The molecule has 10 nitrogen and oxygen atoms in total. The Balaban J connectivity index is 2.48. The zero-order valence-corrected chi connectivity index (χ0v) is 14.7. The van der Waals surface area contributed by atoms with Gasteiger partial charge >= 0.3 is 0 Å². The van der Waals surface area contributed by atoms with Gasteiger partial charge in [-0.15, -0.1) is 0 Å². The molecule has 0 aliphatic carbocycles. The van der Waals surface area contributed by atoms with E-state index in [4.69, 9.17) is 5.14 Å². The van der Waals surface area contributed by atoms with Crippen molar-refractivity contribution in [3.05, 3.63) is 68.3 Å². The second kappa shape index (κ2) is 7.06. The van der Waals surface area contributed by atoms with E-state index in [1.165, 1.54) is 35.2 Å². The normalized spacial score (nSPS) is 12.4. The van der Waals surface area contributed by atoms with Crippen LogP contribution >= 0.6 is 0 Å². The van der Waals surface area contributed by atoms with Crippen LogP contribution in [0.4, 0.5) is 17.1 Å². The van der Waals surface area contributed by atoms with E-state index in [1.54, 1.807) is 20.0 Å². The Kier molecular flexibility index (Phi) is 5.23. The third-order valence-electron chi connectivity index (χ3n) is 4.00. The number of hydrogen-bond acceptors (Lipinski definition) is 7. The van der Waals surface area contributed by atoms with Crippen molar-refractivity contribution in [3.8, 4) is 0 Å². The van der Waals surface area contributed by atoms with E-state index in [9.17, 15) is 28.6 Å². The minimum Gasteiger partial charge on any atom is -0.362 e. The van der Waals surface area contributed by atoms with Crippen LogP contribution in [0.5, 0.6) is 0 Å². The summed E-state index contributed by atoms with van der Waals surface area (Å²) in [5.41, 5.74) is 0.200. The van der Waals surface area contributed by atoms with Crippen molar-refractivity contribution in [3.63, 3.8) is 0 Å². The van der Waals surface area contributed by atoms with Crippen LogP contribution in [0.3, 0.4) is 0 Å². The van der Waals surface area contributed by atoms with Gasteiger partial charge in [-0.05, 0) is 24.6 Å². The van der Waals surface area contributed by atoms with Gasteiger partial charge < -0.3 is 4.90 Å². The molecule has 0 unspecified atom stereocenters. The van der Waals surface area contributed by atoms with Gasteiger partial charge in [-0.25, -0.2) is 13.6 Å². The molecule has 2 aromatic rings. The Hall–Kier alpha value is -3.05. The first kappa shape index (κ1) is 19.3. The summed E-state index contributed by atoms with van der Waals surface area (Å²) in [6.07, 6.45) is 0. The molecule has 0 aliphatic heterocycles. The molecule has 2 aromatic carbocycles. The number of nitrogens with zero attached hydrogens (tertiary/aromatic N) is 3. The molecule has 0 bridgehead atoms. The minimum atomic E-state index is -4.09. The highest BCUT2D eigenvalue weighted by molar-refractivity contribution is 7.89. The maximum Gasteiger partial charge on any atom is 0.293 e. The van der Waals surface area contributed by atoms with E-state index in [-0.39, 0.29) is 16.3 Å². The average Bonchev–Trinajstić information content (AvgIpc) is 2.59. The van der Waals surface area contributed by atoms with E-state index in [0.717, 1.165) is 6.07 Å². The van der Waals surface area contributed by atoms with Gasteiger partial charge in [0.05, 0.1) is 20.8 Å². The lowest BCUT2D eigenvalue weighted by molar-refractivity contribution is -0.384. The standard InChI is InChI=1S/C15H16N4O6S/c1-10(11-4-3-5-12(8-11)18(20)21)17(2)14-7-6-13(26(16,24)25)9-15(14)19(22)23/h3-10H,1-2H3,(H2,16,24,25)/t10-/m1/s1. The SMILES string of the molecule is C[C@H](c1cccc([N+](=O)[O-])c1)N(C)c1ccc(S(N)(=O)=O)cc1[N+](=O)[O-]. The first-order valence-corrected chi connectivity index (χ1v) is 8.85.